The second-order valence-electron chi connectivity index (χ2n) is 6.39. The highest BCUT2D eigenvalue weighted by molar-refractivity contribution is 7.92. The lowest BCUT2D eigenvalue weighted by Gasteiger charge is -2.23. The molecule has 0 spiro atoms. The van der Waals surface area contributed by atoms with Crippen LogP contribution < -0.4 is 9.62 Å². The van der Waals surface area contributed by atoms with Crippen LogP contribution in [0.15, 0.2) is 84.3 Å². The van der Waals surface area contributed by atoms with E-state index in [2.05, 4.69) is 11.9 Å². The van der Waals surface area contributed by atoms with Crippen LogP contribution in [0.3, 0.4) is 0 Å². The molecule has 31 heavy (non-hydrogen) atoms. The quantitative estimate of drug-likeness (QED) is 0.438. The standard InChI is InChI=1S/C22H17Cl2FN2O3S/c1-2-12-27(16-6-4-3-5-7-16)31(29,30)17-9-10-19(23)18(14-17)22(28)26-15-8-11-21(25)20(24)13-15/h2-11,13-14H,1,12H2,(H,26,28). The van der Waals surface area contributed by atoms with Gasteiger partial charge in [0.05, 0.1) is 32.7 Å². The Morgan fingerprint density at radius 2 is 1.74 bits per heavy atom. The van der Waals surface area contributed by atoms with Crippen molar-refractivity contribution in [1.82, 2.24) is 0 Å². The number of sulfonamides is 1. The largest absolute Gasteiger partial charge is 0.322 e. The number of carbonyl (C=O) groups is 1. The molecule has 9 heteroatoms. The number of rotatable bonds is 7. The summed E-state index contributed by atoms with van der Waals surface area (Å²) >= 11 is 11.9. The van der Waals surface area contributed by atoms with Crippen molar-refractivity contribution in [1.29, 1.82) is 0 Å². The van der Waals surface area contributed by atoms with Gasteiger partial charge in [-0.15, -0.1) is 6.58 Å². The molecule has 0 unspecified atom stereocenters. The van der Waals surface area contributed by atoms with Crippen LogP contribution in [0.2, 0.25) is 10.0 Å². The number of benzene rings is 3. The zero-order valence-corrected chi connectivity index (χ0v) is 18.4. The number of anilines is 2. The van der Waals surface area contributed by atoms with Gasteiger partial charge in [-0.25, -0.2) is 12.8 Å². The molecule has 0 bridgehead atoms. The molecule has 0 aliphatic rings. The molecule has 0 fully saturated rings. The zero-order chi connectivity index (χ0) is 22.6. The molecule has 0 saturated carbocycles. The number of hydrogen-bond acceptors (Lipinski definition) is 3. The van der Waals surface area contributed by atoms with Crippen LogP contribution in [0, 0.1) is 5.82 Å². The van der Waals surface area contributed by atoms with Crippen LogP contribution in [0.1, 0.15) is 10.4 Å². The molecule has 0 aliphatic carbocycles. The first kappa shape index (κ1) is 22.8. The van der Waals surface area contributed by atoms with E-state index in [0.29, 0.717) is 5.69 Å². The second kappa shape index (κ2) is 9.51. The average Bonchev–Trinajstić information content (AvgIpc) is 2.75. The molecule has 0 aromatic heterocycles. The van der Waals surface area contributed by atoms with Crippen molar-refractivity contribution >= 4 is 50.5 Å². The molecule has 1 N–H and O–H groups in total. The molecule has 0 heterocycles. The molecular weight excluding hydrogens is 462 g/mol. The lowest BCUT2D eigenvalue weighted by Crippen LogP contribution is -2.31. The normalized spacial score (nSPS) is 11.1. The van der Waals surface area contributed by atoms with Crippen LogP contribution in [0.4, 0.5) is 15.8 Å². The first-order valence-corrected chi connectivity index (χ1v) is 11.2. The van der Waals surface area contributed by atoms with E-state index in [0.717, 1.165) is 6.07 Å². The van der Waals surface area contributed by atoms with E-state index in [1.54, 1.807) is 30.3 Å². The molecule has 0 saturated heterocycles. The SMILES string of the molecule is C=CCN(c1ccccc1)S(=O)(=O)c1ccc(Cl)c(C(=O)Nc2ccc(F)c(Cl)c2)c1. The van der Waals surface area contributed by atoms with Gasteiger partial charge >= 0.3 is 0 Å². The van der Waals surface area contributed by atoms with Gasteiger partial charge in [-0.2, -0.15) is 0 Å². The molecule has 1 amide bonds. The van der Waals surface area contributed by atoms with Gasteiger partial charge in [0.25, 0.3) is 15.9 Å². The van der Waals surface area contributed by atoms with Crippen molar-refractivity contribution in [3.63, 3.8) is 0 Å². The summed E-state index contributed by atoms with van der Waals surface area (Å²) in [4.78, 5) is 12.6. The molecule has 0 atom stereocenters. The summed E-state index contributed by atoms with van der Waals surface area (Å²) in [5, 5.41) is 2.42. The average molecular weight is 479 g/mol. The van der Waals surface area contributed by atoms with Crippen molar-refractivity contribution in [3.8, 4) is 0 Å². The highest BCUT2D eigenvalue weighted by Crippen LogP contribution is 2.28. The molecule has 3 rings (SSSR count). The minimum Gasteiger partial charge on any atom is -0.322 e. The van der Waals surface area contributed by atoms with E-state index in [1.165, 1.54) is 40.7 Å². The summed E-state index contributed by atoms with van der Waals surface area (Å²) in [6.45, 7) is 3.66. The fourth-order valence-electron chi connectivity index (χ4n) is 2.79. The molecule has 3 aromatic rings. The lowest BCUT2D eigenvalue weighted by atomic mass is 10.2. The Morgan fingerprint density at radius 1 is 1.03 bits per heavy atom. The Bertz CT molecular complexity index is 1230. The van der Waals surface area contributed by atoms with Crippen LogP contribution in [0.5, 0.6) is 0 Å². The second-order valence-corrected chi connectivity index (χ2v) is 9.06. The third kappa shape index (κ3) is 5.07. The Balaban J connectivity index is 1.97. The van der Waals surface area contributed by atoms with Crippen molar-refractivity contribution in [2.75, 3.05) is 16.2 Å². The fourth-order valence-corrected chi connectivity index (χ4v) is 4.64. The first-order valence-electron chi connectivity index (χ1n) is 8.98. The van der Waals surface area contributed by atoms with E-state index in [4.69, 9.17) is 23.2 Å². The van der Waals surface area contributed by atoms with Gasteiger partial charge in [-0.1, -0.05) is 47.5 Å². The summed E-state index contributed by atoms with van der Waals surface area (Å²) < 4.78 is 41.1. The monoisotopic (exact) mass is 478 g/mol. The van der Waals surface area contributed by atoms with E-state index in [9.17, 15) is 17.6 Å². The molecule has 0 radical (unpaired) electrons. The number of halogens is 3. The predicted octanol–water partition coefficient (Wildman–Crippen LogP) is 5.77. The highest BCUT2D eigenvalue weighted by Gasteiger charge is 2.26. The Labute approximate surface area is 189 Å². The van der Waals surface area contributed by atoms with Gasteiger partial charge in [0.15, 0.2) is 0 Å². The predicted molar refractivity (Wildman–Crippen MR) is 122 cm³/mol. The number of nitrogens with one attached hydrogen (secondary N) is 1. The Hall–Kier alpha value is -2.87. The molecule has 5 nitrogen and oxygen atoms in total. The third-order valence-corrected chi connectivity index (χ3v) is 6.70. The third-order valence-electron chi connectivity index (χ3n) is 4.29. The van der Waals surface area contributed by atoms with Crippen LogP contribution >= 0.6 is 23.2 Å². The van der Waals surface area contributed by atoms with Gasteiger partial charge in [0.1, 0.15) is 5.82 Å². The number of hydrogen-bond donors (Lipinski definition) is 1. The maximum absolute atomic E-state index is 13.3. The Kier molecular flexibility index (Phi) is 7.00. The topological polar surface area (TPSA) is 66.5 Å². The van der Waals surface area contributed by atoms with Crippen molar-refractivity contribution in [2.45, 2.75) is 4.90 Å². The maximum atomic E-state index is 13.3. The van der Waals surface area contributed by atoms with Crippen molar-refractivity contribution in [2.24, 2.45) is 0 Å². The summed E-state index contributed by atoms with van der Waals surface area (Å²) in [5.41, 5.74) is 0.623. The minimum absolute atomic E-state index is 0.0323. The summed E-state index contributed by atoms with van der Waals surface area (Å²) in [7, 11) is -4.02. The number of carbonyl (C=O) groups excluding carboxylic acids is 1. The number of amides is 1. The number of para-hydroxylation sites is 1. The molecular formula is C22H17Cl2FN2O3S. The summed E-state index contributed by atoms with van der Waals surface area (Å²) in [6, 6.07) is 16.0. The van der Waals surface area contributed by atoms with E-state index >= 15 is 0 Å². The summed E-state index contributed by atoms with van der Waals surface area (Å²) in [6.07, 6.45) is 1.46. The smallest absolute Gasteiger partial charge is 0.264 e. The minimum atomic E-state index is -4.02. The number of nitrogens with zero attached hydrogens (tertiary/aromatic N) is 1. The van der Waals surface area contributed by atoms with Crippen LogP contribution in [0.25, 0.3) is 0 Å². The highest BCUT2D eigenvalue weighted by atomic mass is 35.5. The van der Waals surface area contributed by atoms with E-state index < -0.39 is 21.7 Å². The van der Waals surface area contributed by atoms with Crippen LogP contribution in [-0.2, 0) is 10.0 Å². The maximum Gasteiger partial charge on any atom is 0.264 e. The first-order chi connectivity index (χ1) is 14.7. The molecule has 3 aromatic carbocycles. The van der Waals surface area contributed by atoms with Crippen molar-refractivity contribution in [3.05, 3.63) is 101 Å². The molecule has 0 aliphatic heterocycles. The molecule has 160 valence electrons. The van der Waals surface area contributed by atoms with Gasteiger partial charge in [0.2, 0.25) is 0 Å². The van der Waals surface area contributed by atoms with E-state index in [1.807, 2.05) is 0 Å². The lowest BCUT2D eigenvalue weighted by molar-refractivity contribution is 0.102. The van der Waals surface area contributed by atoms with Gasteiger partial charge in [0, 0.05) is 5.69 Å². The Morgan fingerprint density at radius 3 is 2.39 bits per heavy atom. The fraction of sp³-hybridized carbons (Fsp3) is 0.0455. The zero-order valence-electron chi connectivity index (χ0n) is 16.1. The van der Waals surface area contributed by atoms with E-state index in [-0.39, 0.29) is 32.7 Å². The van der Waals surface area contributed by atoms with Crippen molar-refractivity contribution < 1.29 is 17.6 Å². The van der Waals surface area contributed by atoms with Gasteiger partial charge in [-0.05, 0) is 48.5 Å². The van der Waals surface area contributed by atoms with Gasteiger partial charge < -0.3 is 5.32 Å². The van der Waals surface area contributed by atoms with Crippen LogP contribution in [-0.4, -0.2) is 20.9 Å². The summed E-state index contributed by atoms with van der Waals surface area (Å²) in [5.74, 6) is -1.30. The van der Waals surface area contributed by atoms with Gasteiger partial charge in [-0.3, -0.25) is 9.10 Å².